The van der Waals surface area contributed by atoms with E-state index < -0.39 is 11.4 Å². The zero-order valence-electron chi connectivity index (χ0n) is 15.6. The summed E-state index contributed by atoms with van der Waals surface area (Å²) >= 11 is 0. The Kier molecular flexibility index (Phi) is 4.93. The molecule has 1 aromatic heterocycles. The minimum absolute atomic E-state index is 0.168. The molecule has 30 heavy (non-hydrogen) atoms. The van der Waals surface area contributed by atoms with E-state index in [4.69, 9.17) is 0 Å². The van der Waals surface area contributed by atoms with Gasteiger partial charge in [0, 0.05) is 22.6 Å². The molecule has 4 rings (SSSR count). The molecule has 0 saturated heterocycles. The van der Waals surface area contributed by atoms with Gasteiger partial charge in [0.25, 0.3) is 5.56 Å². The molecule has 4 N–H and O–H groups in total. The number of hydrogen-bond acceptors (Lipinski definition) is 5. The Morgan fingerprint density at radius 2 is 1.73 bits per heavy atom. The fourth-order valence-corrected chi connectivity index (χ4v) is 3.24. The van der Waals surface area contributed by atoms with E-state index in [9.17, 15) is 24.5 Å². The Morgan fingerprint density at radius 1 is 0.933 bits per heavy atom. The highest BCUT2D eigenvalue weighted by Gasteiger charge is 2.12. The fraction of sp³-hybridized carbons (Fsp3) is 0.0435. The third kappa shape index (κ3) is 3.60. The first-order chi connectivity index (χ1) is 14.4. The molecule has 3 aromatic carbocycles. The van der Waals surface area contributed by atoms with Gasteiger partial charge in [-0.1, -0.05) is 30.3 Å². The molecular weight excluding hydrogens is 387 g/mol. The summed E-state index contributed by atoms with van der Waals surface area (Å²) in [5, 5.41) is 30.0. The van der Waals surface area contributed by atoms with Gasteiger partial charge in [0.1, 0.15) is 5.82 Å². The summed E-state index contributed by atoms with van der Waals surface area (Å²) in [4.78, 5) is 18.9. The lowest BCUT2D eigenvalue weighted by Crippen LogP contribution is -2.08. The maximum atomic E-state index is 14.2. The number of nitrogens with zero attached hydrogens (tertiary/aromatic N) is 1. The number of rotatable bonds is 4. The number of aromatic amines is 1. The summed E-state index contributed by atoms with van der Waals surface area (Å²) < 4.78 is 14.2. The van der Waals surface area contributed by atoms with Gasteiger partial charge in [0.05, 0.1) is 12.1 Å². The van der Waals surface area contributed by atoms with Crippen molar-refractivity contribution >= 4 is 17.0 Å². The second kappa shape index (κ2) is 7.71. The van der Waals surface area contributed by atoms with E-state index in [1.807, 2.05) is 0 Å². The summed E-state index contributed by atoms with van der Waals surface area (Å²) in [6, 6.07) is 15.5. The monoisotopic (exact) mass is 404 g/mol. The van der Waals surface area contributed by atoms with Crippen molar-refractivity contribution in [2.45, 2.75) is 6.54 Å². The SMILES string of the molecule is O=c1[nH]c(O)c(C=NCc2ccc(O)c(O)c2)c2cc(-c3ccccc3F)ccc12. The lowest BCUT2D eigenvalue weighted by Gasteiger charge is -2.08. The number of benzene rings is 3. The summed E-state index contributed by atoms with van der Waals surface area (Å²) in [5.74, 6) is -1.23. The summed E-state index contributed by atoms with van der Waals surface area (Å²) in [6.45, 7) is 0.168. The lowest BCUT2D eigenvalue weighted by molar-refractivity contribution is 0.403. The molecule has 4 aromatic rings. The molecule has 150 valence electrons. The molecule has 0 radical (unpaired) electrons. The molecule has 0 bridgehead atoms. The summed E-state index contributed by atoms with van der Waals surface area (Å²) in [7, 11) is 0. The van der Waals surface area contributed by atoms with Gasteiger partial charge in [-0.2, -0.15) is 0 Å². The standard InChI is InChI=1S/C23H17FN2O4/c24-19-4-2-1-3-15(19)14-6-7-16-17(10-14)18(23(30)26-22(16)29)12-25-11-13-5-8-20(27)21(28)9-13/h1-10,12,27-28H,11H2,(H2,26,29,30). The number of aromatic nitrogens is 1. The maximum Gasteiger partial charge on any atom is 0.258 e. The lowest BCUT2D eigenvalue weighted by atomic mass is 9.99. The molecule has 0 fully saturated rings. The molecule has 7 heteroatoms. The van der Waals surface area contributed by atoms with Crippen molar-refractivity contribution in [2.75, 3.05) is 0 Å². The number of aliphatic imine (C=N–C) groups is 1. The number of pyridine rings is 1. The van der Waals surface area contributed by atoms with Gasteiger partial charge in [-0.25, -0.2) is 4.39 Å². The first-order valence-corrected chi connectivity index (χ1v) is 9.08. The number of halogens is 1. The average Bonchev–Trinajstić information content (AvgIpc) is 2.73. The predicted octanol–water partition coefficient (Wildman–Crippen LogP) is 4.07. The second-order valence-electron chi connectivity index (χ2n) is 6.75. The number of phenols is 2. The number of phenolic OH excluding ortho intramolecular Hbond substituents is 2. The van der Waals surface area contributed by atoms with E-state index in [-0.39, 0.29) is 29.5 Å². The topological polar surface area (TPSA) is 106 Å². The zero-order valence-corrected chi connectivity index (χ0v) is 15.6. The molecular formula is C23H17FN2O4. The van der Waals surface area contributed by atoms with Gasteiger partial charge in [0.2, 0.25) is 5.88 Å². The van der Waals surface area contributed by atoms with Gasteiger partial charge < -0.3 is 15.3 Å². The Bertz CT molecular complexity index is 1350. The van der Waals surface area contributed by atoms with Gasteiger partial charge in [-0.3, -0.25) is 14.8 Å². The van der Waals surface area contributed by atoms with Crippen LogP contribution in [0.5, 0.6) is 17.4 Å². The van der Waals surface area contributed by atoms with Crippen LogP contribution in [-0.2, 0) is 6.54 Å². The van der Waals surface area contributed by atoms with Crippen molar-refractivity contribution in [3.63, 3.8) is 0 Å². The van der Waals surface area contributed by atoms with Crippen LogP contribution in [0.1, 0.15) is 11.1 Å². The molecule has 0 aliphatic carbocycles. The van der Waals surface area contributed by atoms with Crippen LogP contribution in [0.15, 0.2) is 70.5 Å². The van der Waals surface area contributed by atoms with Crippen molar-refractivity contribution in [1.82, 2.24) is 4.98 Å². The highest BCUT2D eigenvalue weighted by Crippen LogP contribution is 2.29. The van der Waals surface area contributed by atoms with Crippen LogP contribution in [0.25, 0.3) is 21.9 Å². The smallest absolute Gasteiger partial charge is 0.258 e. The molecule has 0 saturated carbocycles. The van der Waals surface area contributed by atoms with Gasteiger partial charge in [-0.15, -0.1) is 0 Å². The van der Waals surface area contributed by atoms with Crippen LogP contribution >= 0.6 is 0 Å². The molecule has 0 amide bonds. The predicted molar refractivity (Wildman–Crippen MR) is 113 cm³/mol. The van der Waals surface area contributed by atoms with Crippen LogP contribution in [0, 0.1) is 5.82 Å². The quantitative estimate of drug-likeness (QED) is 0.304. The number of fused-ring (bicyclic) bond motifs is 1. The zero-order chi connectivity index (χ0) is 21.3. The minimum atomic E-state index is -0.469. The molecule has 0 unspecified atom stereocenters. The summed E-state index contributed by atoms with van der Waals surface area (Å²) in [6.07, 6.45) is 1.41. The first kappa shape index (κ1) is 19.2. The Morgan fingerprint density at radius 3 is 2.50 bits per heavy atom. The molecule has 0 spiro atoms. The molecule has 1 heterocycles. The van der Waals surface area contributed by atoms with Crippen molar-refractivity contribution in [1.29, 1.82) is 0 Å². The number of H-pyrrole nitrogens is 1. The van der Waals surface area contributed by atoms with Gasteiger partial charge >= 0.3 is 0 Å². The maximum absolute atomic E-state index is 14.2. The van der Waals surface area contributed by atoms with E-state index in [0.29, 0.717) is 27.5 Å². The minimum Gasteiger partial charge on any atom is -0.504 e. The van der Waals surface area contributed by atoms with Crippen molar-refractivity contribution in [3.05, 3.63) is 88.0 Å². The van der Waals surface area contributed by atoms with Crippen LogP contribution in [0.4, 0.5) is 4.39 Å². The van der Waals surface area contributed by atoms with Crippen LogP contribution in [0.3, 0.4) is 0 Å². The Labute approximate surface area is 170 Å². The van der Waals surface area contributed by atoms with E-state index in [0.717, 1.165) is 0 Å². The first-order valence-electron chi connectivity index (χ1n) is 9.08. The fourth-order valence-electron chi connectivity index (χ4n) is 3.24. The van der Waals surface area contributed by atoms with Crippen LogP contribution < -0.4 is 5.56 Å². The third-order valence-electron chi connectivity index (χ3n) is 4.76. The normalized spacial score (nSPS) is 11.4. The Balaban J connectivity index is 1.78. The van der Waals surface area contributed by atoms with E-state index >= 15 is 0 Å². The van der Waals surface area contributed by atoms with Crippen LogP contribution in [-0.4, -0.2) is 26.5 Å². The van der Waals surface area contributed by atoms with Crippen molar-refractivity contribution in [2.24, 2.45) is 4.99 Å². The number of hydrogen-bond donors (Lipinski definition) is 4. The number of aromatic hydroxyl groups is 3. The second-order valence-corrected chi connectivity index (χ2v) is 6.75. The highest BCUT2D eigenvalue weighted by molar-refractivity contribution is 6.02. The van der Waals surface area contributed by atoms with Gasteiger partial charge in [0.15, 0.2) is 11.5 Å². The molecule has 0 atom stereocenters. The van der Waals surface area contributed by atoms with Crippen molar-refractivity contribution in [3.8, 4) is 28.5 Å². The summed E-state index contributed by atoms with van der Waals surface area (Å²) in [5.41, 5.74) is 1.39. The van der Waals surface area contributed by atoms with Gasteiger partial charge in [-0.05, 0) is 41.5 Å². The largest absolute Gasteiger partial charge is 0.504 e. The van der Waals surface area contributed by atoms with E-state index in [1.165, 1.54) is 24.4 Å². The van der Waals surface area contributed by atoms with Crippen molar-refractivity contribution < 1.29 is 19.7 Å². The highest BCUT2D eigenvalue weighted by atomic mass is 19.1. The molecule has 0 aliphatic rings. The third-order valence-corrected chi connectivity index (χ3v) is 4.76. The van der Waals surface area contributed by atoms with Crippen LogP contribution in [0.2, 0.25) is 0 Å². The number of nitrogens with one attached hydrogen (secondary N) is 1. The van der Waals surface area contributed by atoms with E-state index in [2.05, 4.69) is 9.98 Å². The molecule has 0 aliphatic heterocycles. The Hall–Kier alpha value is -4.13. The molecule has 6 nitrogen and oxygen atoms in total. The average molecular weight is 404 g/mol. The van der Waals surface area contributed by atoms with E-state index in [1.54, 1.807) is 42.5 Å².